The number of hydrogen-bond donors (Lipinski definition) is 2. The third-order valence-electron chi connectivity index (χ3n) is 5.19. The first-order chi connectivity index (χ1) is 9.65. The maximum absolute atomic E-state index is 12.5. The zero-order valence-electron chi connectivity index (χ0n) is 12.1. The van der Waals surface area contributed by atoms with Crippen LogP contribution in [0.3, 0.4) is 0 Å². The van der Waals surface area contributed by atoms with Gasteiger partial charge in [-0.15, -0.1) is 0 Å². The van der Waals surface area contributed by atoms with Crippen LogP contribution in [-0.4, -0.2) is 11.9 Å². The van der Waals surface area contributed by atoms with Gasteiger partial charge in [0.15, 0.2) is 0 Å². The Bertz CT molecular complexity index is 486. The van der Waals surface area contributed by atoms with Gasteiger partial charge in [-0.25, -0.2) is 0 Å². The van der Waals surface area contributed by atoms with Gasteiger partial charge >= 0.3 is 0 Å². The minimum atomic E-state index is 0.143. The summed E-state index contributed by atoms with van der Waals surface area (Å²) in [5.74, 6) is 1.43. The number of nitrogens with one attached hydrogen (secondary N) is 1. The summed E-state index contributed by atoms with van der Waals surface area (Å²) in [6.45, 7) is 2.03. The fraction of sp³-hybridized carbons (Fsp3) is 0.588. The molecule has 1 aromatic carbocycles. The van der Waals surface area contributed by atoms with Gasteiger partial charge in [0, 0.05) is 17.6 Å². The number of carbonyl (C=O) groups is 1. The number of para-hydroxylation sites is 1. The number of aryl methyl sites for hydroxylation is 1. The highest BCUT2D eigenvalue weighted by Crippen LogP contribution is 2.42. The fourth-order valence-electron chi connectivity index (χ4n) is 3.95. The summed E-state index contributed by atoms with van der Waals surface area (Å²) in [4.78, 5) is 12.5. The molecule has 2 fully saturated rings. The van der Waals surface area contributed by atoms with E-state index in [-0.39, 0.29) is 11.8 Å². The van der Waals surface area contributed by atoms with Gasteiger partial charge in [-0.05, 0) is 56.1 Å². The minimum absolute atomic E-state index is 0.143. The molecule has 108 valence electrons. The number of benzene rings is 1. The third kappa shape index (κ3) is 2.59. The van der Waals surface area contributed by atoms with Gasteiger partial charge in [0.1, 0.15) is 0 Å². The first-order valence-electron chi connectivity index (χ1n) is 7.77. The summed E-state index contributed by atoms with van der Waals surface area (Å²) in [5.41, 5.74) is 8.35. The van der Waals surface area contributed by atoms with Crippen molar-refractivity contribution < 1.29 is 4.79 Å². The van der Waals surface area contributed by atoms with Crippen molar-refractivity contribution in [3.63, 3.8) is 0 Å². The van der Waals surface area contributed by atoms with Crippen LogP contribution in [0.4, 0.5) is 5.69 Å². The number of carbonyl (C=O) groups excluding carboxylic acids is 1. The predicted octanol–water partition coefficient (Wildman–Crippen LogP) is 3.09. The Hall–Kier alpha value is -1.35. The van der Waals surface area contributed by atoms with Crippen molar-refractivity contribution in [2.24, 2.45) is 23.5 Å². The lowest BCUT2D eigenvalue weighted by Gasteiger charge is -2.43. The largest absolute Gasteiger partial charge is 0.327 e. The molecule has 0 spiro atoms. The molecule has 2 aliphatic carbocycles. The molecule has 1 aromatic rings. The second kappa shape index (κ2) is 5.57. The molecule has 20 heavy (non-hydrogen) atoms. The topological polar surface area (TPSA) is 55.1 Å². The normalized spacial score (nSPS) is 32.7. The van der Waals surface area contributed by atoms with Crippen LogP contribution in [0.5, 0.6) is 0 Å². The lowest BCUT2D eigenvalue weighted by Crippen LogP contribution is -2.48. The van der Waals surface area contributed by atoms with Gasteiger partial charge in [-0.1, -0.05) is 24.6 Å². The third-order valence-corrected chi connectivity index (χ3v) is 5.19. The standard InChI is InChI=1S/C17H24N2O/c1-11-5-2-3-8-15(11)19-17(20)14-9-12-6-4-7-13(10-14)16(12)18/h2-3,5,8,12-14,16H,4,6-7,9-10,18H2,1H3,(H,19,20). The van der Waals surface area contributed by atoms with Gasteiger partial charge in [0.05, 0.1) is 0 Å². The first kappa shape index (κ1) is 13.6. The number of nitrogens with two attached hydrogens (primary N) is 1. The Labute approximate surface area is 120 Å². The van der Waals surface area contributed by atoms with Crippen molar-refractivity contribution >= 4 is 11.6 Å². The Morgan fingerprint density at radius 3 is 2.50 bits per heavy atom. The van der Waals surface area contributed by atoms with E-state index in [1.165, 1.54) is 19.3 Å². The van der Waals surface area contributed by atoms with Crippen molar-refractivity contribution in [1.82, 2.24) is 0 Å². The van der Waals surface area contributed by atoms with Crippen LogP contribution in [0, 0.1) is 24.7 Å². The second-order valence-electron chi connectivity index (χ2n) is 6.50. The van der Waals surface area contributed by atoms with E-state index in [1.807, 2.05) is 31.2 Å². The summed E-state index contributed by atoms with van der Waals surface area (Å²) in [5, 5.41) is 3.10. The molecule has 0 aromatic heterocycles. The van der Waals surface area contributed by atoms with Crippen molar-refractivity contribution in [3.8, 4) is 0 Å². The van der Waals surface area contributed by atoms with E-state index in [0.29, 0.717) is 17.9 Å². The van der Waals surface area contributed by atoms with Crippen LogP contribution in [0.25, 0.3) is 0 Å². The van der Waals surface area contributed by atoms with Crippen LogP contribution < -0.4 is 11.1 Å². The van der Waals surface area contributed by atoms with Crippen LogP contribution in [0.2, 0.25) is 0 Å². The van der Waals surface area contributed by atoms with Gasteiger partial charge in [0.25, 0.3) is 0 Å². The highest BCUT2D eigenvalue weighted by atomic mass is 16.1. The first-order valence-corrected chi connectivity index (χ1v) is 7.77. The zero-order chi connectivity index (χ0) is 14.1. The number of anilines is 1. The average molecular weight is 272 g/mol. The van der Waals surface area contributed by atoms with E-state index in [0.717, 1.165) is 24.1 Å². The van der Waals surface area contributed by atoms with E-state index in [1.54, 1.807) is 0 Å². The highest BCUT2D eigenvalue weighted by Gasteiger charge is 2.40. The molecule has 3 heteroatoms. The number of rotatable bonds is 2. The summed E-state index contributed by atoms with van der Waals surface area (Å²) in [6, 6.07) is 8.29. The van der Waals surface area contributed by atoms with Crippen molar-refractivity contribution in [2.45, 2.75) is 45.1 Å². The summed E-state index contributed by atoms with van der Waals surface area (Å²) < 4.78 is 0. The van der Waals surface area contributed by atoms with E-state index >= 15 is 0 Å². The molecule has 3 N–H and O–H groups in total. The van der Waals surface area contributed by atoms with E-state index < -0.39 is 0 Å². The predicted molar refractivity (Wildman–Crippen MR) is 81.3 cm³/mol. The molecule has 2 aliphatic rings. The zero-order valence-corrected chi connectivity index (χ0v) is 12.1. The van der Waals surface area contributed by atoms with Crippen molar-refractivity contribution in [2.75, 3.05) is 5.32 Å². The lowest BCUT2D eigenvalue weighted by atomic mass is 9.65. The van der Waals surface area contributed by atoms with Gasteiger partial charge in [0.2, 0.25) is 5.91 Å². The molecule has 0 heterocycles. The highest BCUT2D eigenvalue weighted by molar-refractivity contribution is 5.93. The molecule has 2 bridgehead atoms. The van der Waals surface area contributed by atoms with E-state index in [9.17, 15) is 4.79 Å². The van der Waals surface area contributed by atoms with Crippen LogP contribution >= 0.6 is 0 Å². The van der Waals surface area contributed by atoms with Crippen molar-refractivity contribution in [3.05, 3.63) is 29.8 Å². The summed E-state index contributed by atoms with van der Waals surface area (Å²) >= 11 is 0. The van der Waals surface area contributed by atoms with Crippen LogP contribution in [-0.2, 0) is 4.79 Å². The number of hydrogen-bond acceptors (Lipinski definition) is 2. The molecule has 1 amide bonds. The number of amides is 1. The van der Waals surface area contributed by atoms with Crippen molar-refractivity contribution in [1.29, 1.82) is 0 Å². The molecule has 2 saturated carbocycles. The van der Waals surface area contributed by atoms with E-state index in [4.69, 9.17) is 5.73 Å². The Morgan fingerprint density at radius 2 is 1.85 bits per heavy atom. The Morgan fingerprint density at radius 1 is 1.20 bits per heavy atom. The maximum Gasteiger partial charge on any atom is 0.227 e. The van der Waals surface area contributed by atoms with Gasteiger partial charge in [-0.3, -0.25) is 4.79 Å². The average Bonchev–Trinajstić information content (AvgIpc) is 2.41. The molecule has 0 saturated heterocycles. The molecule has 0 radical (unpaired) electrons. The molecule has 0 aliphatic heterocycles. The number of fused-ring (bicyclic) bond motifs is 2. The quantitative estimate of drug-likeness (QED) is 0.869. The Kier molecular flexibility index (Phi) is 3.79. The fourth-order valence-corrected chi connectivity index (χ4v) is 3.95. The van der Waals surface area contributed by atoms with Gasteiger partial charge in [-0.2, -0.15) is 0 Å². The monoisotopic (exact) mass is 272 g/mol. The smallest absolute Gasteiger partial charge is 0.227 e. The molecule has 2 unspecified atom stereocenters. The molecular formula is C17H24N2O. The maximum atomic E-state index is 12.5. The molecule has 3 rings (SSSR count). The van der Waals surface area contributed by atoms with Crippen LogP contribution in [0.15, 0.2) is 24.3 Å². The van der Waals surface area contributed by atoms with E-state index in [2.05, 4.69) is 5.32 Å². The SMILES string of the molecule is Cc1ccccc1NC(=O)C1CC2CCCC(C1)C2N. The molecule has 3 nitrogen and oxygen atoms in total. The second-order valence-corrected chi connectivity index (χ2v) is 6.50. The summed E-state index contributed by atoms with van der Waals surface area (Å²) in [6.07, 6.45) is 5.62. The van der Waals surface area contributed by atoms with Gasteiger partial charge < -0.3 is 11.1 Å². The lowest BCUT2D eigenvalue weighted by molar-refractivity contribution is -0.122. The minimum Gasteiger partial charge on any atom is -0.327 e. The molecule has 2 atom stereocenters. The molecular weight excluding hydrogens is 248 g/mol. The Balaban J connectivity index is 1.68. The summed E-state index contributed by atoms with van der Waals surface area (Å²) in [7, 11) is 0. The van der Waals surface area contributed by atoms with Crippen LogP contribution in [0.1, 0.15) is 37.7 Å².